The molecule has 35 nitrogen and oxygen atoms in total. The molecule has 528 valence electrons. The quantitative estimate of drug-likeness (QED) is 0.112. The van der Waals surface area contributed by atoms with E-state index in [4.69, 9.17) is 77.4 Å². The van der Waals surface area contributed by atoms with Gasteiger partial charge in [0.25, 0.3) is 22.2 Å². The molecule has 12 fully saturated rings. The number of azide groups is 2. The van der Waals surface area contributed by atoms with Gasteiger partial charge in [-0.3, -0.25) is 47.4 Å². The summed E-state index contributed by atoms with van der Waals surface area (Å²) in [4.78, 5) is 88.3. The molecule has 0 amide bonds. The van der Waals surface area contributed by atoms with Gasteiger partial charge in [-0.25, -0.2) is 9.59 Å². The van der Waals surface area contributed by atoms with E-state index >= 15 is 0 Å². The SMILES string of the molecule is CCC1(CC)O[C@@H](n2ccc(=O)[nH]c2=O)[C@@H]2OC3(CCCC3)O[C@@H]21.CC[C@]12COc3nc(=O)ccn3[C@H](O1)[C@@H]1OC3(CCCC3)O[C@@H]12.[N-]=[N+]=NC[C@]1(CO)O[C@@H](n2ccc(=O)[nH]c2=O)[C@@H]2OC3(CCCC3)O[C@@H]21.[N-]=[N+]=NC[C@]12COc3nc(=O)ccn3[C@H](O1)[C@@H]1OC3(CCCC3)O[C@@H]12. The third-order valence-electron chi connectivity index (χ3n) is 22.2. The van der Waals surface area contributed by atoms with Gasteiger partial charge in [-0.1, -0.05) is 31.0 Å². The molecule has 3 N–H and O–H groups in total. The van der Waals surface area contributed by atoms with Crippen LogP contribution in [0.2, 0.25) is 0 Å². The van der Waals surface area contributed by atoms with Crippen molar-refractivity contribution >= 4 is 0 Å². The standard InChI is InChI=1S/C17H24N2O5.C16H20N2O5.C15H19N5O6.C15H17N5O5/c1-3-16(4-2)13-12(22-17(23-13)8-5-6-9-17)14(24-16)19-10-7-11(20)18-15(19)21;1-2-15-9-20-14-17-10(19)5-8-18(14)13(23-15)11-12(15)22-16(21-11)6-3-4-7-16;16-19-17-7-14(8-21)11-10(24-15(25-11)4-1-2-5-15)12(26-14)20-6-3-9(22)18-13(20)23;16-19-17-7-14-8-22-13-18-9(21)3-6-20(13)12(25-14)10-11(14)24-15(23-10)4-1-2-5-15/h7,10,12-14H,3-6,8-9H2,1-2H3,(H,18,20,21);5,8,11-13H,2-4,6-7,9H2,1H3;3,6,10-12,21H,1-2,4-5,7-8H2,(H,18,22,23);3,6,10-12H,1-2,4-5,7-8H2/t12-,13+,14-;11-,12+,13-,15-;2*10-,11+,12-,14-/m1111/s1. The van der Waals surface area contributed by atoms with Crippen LogP contribution in [0.5, 0.6) is 12.0 Å². The molecule has 8 saturated heterocycles. The highest BCUT2D eigenvalue weighted by molar-refractivity contribution is 5.18. The second-order valence-electron chi connectivity index (χ2n) is 27.8. The first-order valence-corrected chi connectivity index (χ1v) is 34.2. The predicted octanol–water partition coefficient (Wildman–Crippen LogP) is 4.48. The predicted molar refractivity (Wildman–Crippen MR) is 332 cm³/mol. The molecule has 4 spiro atoms. The van der Waals surface area contributed by atoms with Crippen molar-refractivity contribution in [2.45, 2.75) is 262 Å². The first-order valence-electron chi connectivity index (χ1n) is 34.2. The van der Waals surface area contributed by atoms with Crippen LogP contribution in [0.1, 0.15) is 168 Å². The van der Waals surface area contributed by atoms with Gasteiger partial charge >= 0.3 is 23.4 Å². The first kappa shape index (κ1) is 66.7. The number of hydrogen-bond acceptors (Lipinski definition) is 25. The summed E-state index contributed by atoms with van der Waals surface area (Å²) in [7, 11) is 0. The Balaban J connectivity index is 0.000000107. The van der Waals surface area contributed by atoms with E-state index in [1.807, 2.05) is 0 Å². The highest BCUT2D eigenvalue weighted by Gasteiger charge is 2.70. The fourth-order valence-electron chi connectivity index (χ4n) is 17.2. The molecule has 0 aromatic carbocycles. The van der Waals surface area contributed by atoms with E-state index in [1.165, 1.54) is 45.8 Å². The number of ether oxygens (including phenoxy) is 14. The lowest BCUT2D eigenvalue weighted by Crippen LogP contribution is -2.50. The van der Waals surface area contributed by atoms with Gasteiger partial charge < -0.3 is 71.4 Å². The molecule has 35 heteroatoms. The highest BCUT2D eigenvalue weighted by Crippen LogP contribution is 2.59. The van der Waals surface area contributed by atoms with Crippen LogP contribution in [0, 0.1) is 0 Å². The number of H-pyrrole nitrogens is 2. The van der Waals surface area contributed by atoms with Crippen molar-refractivity contribution in [3.05, 3.63) is 132 Å². The molecule has 15 atom stereocenters. The topological polar surface area (TPSA) is 426 Å². The van der Waals surface area contributed by atoms with E-state index in [1.54, 1.807) is 21.5 Å². The first-order chi connectivity index (χ1) is 47.3. The number of aliphatic hydroxyl groups is 1. The number of aliphatic hydroxyl groups excluding tert-OH is 1. The van der Waals surface area contributed by atoms with Gasteiger partial charge in [-0.05, 0) is 81.7 Å². The number of nitrogens with zero attached hydrogens (tertiary/aromatic N) is 12. The molecule has 14 aliphatic rings. The Kier molecular flexibility index (Phi) is 17.3. The largest absolute Gasteiger partial charge is 0.461 e. The minimum Gasteiger partial charge on any atom is -0.461 e. The van der Waals surface area contributed by atoms with Gasteiger partial charge in [-0.2, -0.15) is 9.97 Å². The molecule has 0 radical (unpaired) electrons. The van der Waals surface area contributed by atoms with Crippen molar-refractivity contribution in [3.8, 4) is 12.0 Å². The maximum Gasteiger partial charge on any atom is 0.330 e. The summed E-state index contributed by atoms with van der Waals surface area (Å²) in [5.41, 5.74) is 11.4. The molecule has 4 aromatic rings. The Hall–Kier alpha value is -7.18. The second kappa shape index (κ2) is 25.5. The van der Waals surface area contributed by atoms with Crippen LogP contribution in [0.3, 0.4) is 0 Å². The van der Waals surface area contributed by atoms with Crippen LogP contribution in [-0.4, -0.2) is 171 Å². The fourth-order valence-corrected chi connectivity index (χ4v) is 17.2. The zero-order chi connectivity index (χ0) is 68.0. The lowest BCUT2D eigenvalue weighted by molar-refractivity contribution is -0.237. The maximum absolute atomic E-state index is 12.2. The summed E-state index contributed by atoms with van der Waals surface area (Å²) < 4.78 is 93.0. The normalized spacial score (nSPS) is 36.1. The van der Waals surface area contributed by atoms with Crippen molar-refractivity contribution in [1.29, 1.82) is 0 Å². The molecule has 4 aromatic heterocycles. The van der Waals surface area contributed by atoms with Gasteiger partial charge in [-0.15, -0.1) is 0 Å². The summed E-state index contributed by atoms with van der Waals surface area (Å²) in [6, 6.07) is 5.78. The van der Waals surface area contributed by atoms with Crippen LogP contribution in [0.4, 0.5) is 0 Å². The third-order valence-corrected chi connectivity index (χ3v) is 22.2. The van der Waals surface area contributed by atoms with Crippen LogP contribution >= 0.6 is 0 Å². The summed E-state index contributed by atoms with van der Waals surface area (Å²) in [5.74, 6) is -2.37. The van der Waals surface area contributed by atoms with Gasteiger partial charge in [0, 0.05) is 110 Å². The number of hydrogen-bond donors (Lipinski definition) is 3. The Morgan fingerprint density at radius 3 is 1.22 bits per heavy atom. The van der Waals surface area contributed by atoms with Crippen molar-refractivity contribution in [3.63, 3.8) is 0 Å². The van der Waals surface area contributed by atoms with Crippen LogP contribution in [-0.2, 0) is 56.8 Å². The van der Waals surface area contributed by atoms with E-state index < -0.39 is 112 Å². The number of rotatable bonds is 10. The smallest absolute Gasteiger partial charge is 0.330 e. The molecule has 4 saturated carbocycles. The van der Waals surface area contributed by atoms with Crippen LogP contribution < -0.4 is 43.1 Å². The van der Waals surface area contributed by atoms with Gasteiger partial charge in [0.05, 0.1) is 25.3 Å². The summed E-state index contributed by atoms with van der Waals surface area (Å²) in [5, 5.41) is 17.3. The molecule has 98 heavy (non-hydrogen) atoms. The Bertz CT molecular complexity index is 4140. The maximum atomic E-state index is 12.2. The number of aromatic nitrogens is 8. The van der Waals surface area contributed by atoms with E-state index in [0.29, 0.717) is 25.5 Å². The fraction of sp³-hybridized carbons (Fsp3) is 0.746. The Labute approximate surface area is 557 Å². The van der Waals surface area contributed by atoms with E-state index in [2.05, 4.69) is 60.8 Å². The average molecular weight is 1370 g/mol. The third kappa shape index (κ3) is 11.2. The van der Waals surface area contributed by atoms with Gasteiger partial charge in [0.2, 0.25) is 0 Å². The number of nitrogens with one attached hydrogen (secondary N) is 2. The monoisotopic (exact) mass is 1370 g/mol. The summed E-state index contributed by atoms with van der Waals surface area (Å²) in [6.07, 6.45) is 18.0. The lowest BCUT2D eigenvalue weighted by atomic mass is 9.90. The van der Waals surface area contributed by atoms with Crippen LogP contribution in [0.25, 0.3) is 20.9 Å². The molecule has 0 unspecified atom stereocenters. The molecule has 14 heterocycles. The minimum atomic E-state index is -1.33. The summed E-state index contributed by atoms with van der Waals surface area (Å²) >= 11 is 0. The molecule has 18 rings (SSSR count). The molecule has 4 bridgehead atoms. The second-order valence-corrected chi connectivity index (χ2v) is 27.8. The zero-order valence-corrected chi connectivity index (χ0v) is 54.5. The van der Waals surface area contributed by atoms with Crippen LogP contribution in [0.15, 0.2) is 88.0 Å². The van der Waals surface area contributed by atoms with E-state index in [0.717, 1.165) is 109 Å². The van der Waals surface area contributed by atoms with Gasteiger partial charge in [0.15, 0.2) is 48.1 Å². The van der Waals surface area contributed by atoms with E-state index in [9.17, 15) is 33.9 Å². The van der Waals surface area contributed by atoms with Crippen molar-refractivity contribution in [2.24, 2.45) is 10.2 Å². The highest BCUT2D eigenvalue weighted by atomic mass is 16.8. The Morgan fingerprint density at radius 2 is 0.816 bits per heavy atom. The average Bonchev–Trinajstić information content (AvgIpc) is 1.56. The number of fused-ring (bicyclic) bond motifs is 16. The molecule has 10 aliphatic heterocycles. The minimum absolute atomic E-state index is 0.0549. The molecule has 4 aliphatic carbocycles. The Morgan fingerprint density at radius 1 is 0.459 bits per heavy atom. The van der Waals surface area contributed by atoms with Gasteiger partial charge in [0.1, 0.15) is 78.8 Å². The number of aromatic amines is 2. The lowest BCUT2D eigenvalue weighted by Gasteiger charge is -2.34. The van der Waals surface area contributed by atoms with Crippen molar-refractivity contribution in [2.75, 3.05) is 32.9 Å². The molecular formula is C63H80N14O21. The van der Waals surface area contributed by atoms with Crippen molar-refractivity contribution < 1.29 is 71.4 Å². The van der Waals surface area contributed by atoms with E-state index in [-0.39, 0.29) is 73.6 Å². The van der Waals surface area contributed by atoms with Crippen molar-refractivity contribution in [1.82, 2.24) is 38.2 Å². The summed E-state index contributed by atoms with van der Waals surface area (Å²) in [6.45, 7) is 6.01. The molecular weight excluding hydrogens is 1290 g/mol. The zero-order valence-electron chi connectivity index (χ0n) is 54.5.